The summed E-state index contributed by atoms with van der Waals surface area (Å²) in [7, 11) is 7.94. The molecule has 36 heavy (non-hydrogen) atoms. The number of hydrogen-bond donors (Lipinski definition) is 1. The molecule has 1 aliphatic rings. The van der Waals surface area contributed by atoms with Crippen molar-refractivity contribution in [3.05, 3.63) is 53.6 Å². The molecule has 0 heterocycles. The fourth-order valence-electron chi connectivity index (χ4n) is 4.88. The highest BCUT2D eigenvalue weighted by Crippen LogP contribution is 2.56. The van der Waals surface area contributed by atoms with E-state index in [-0.39, 0.29) is 5.92 Å². The third-order valence-electron chi connectivity index (χ3n) is 6.97. The Kier molecular flexibility index (Phi) is 7.22. The van der Waals surface area contributed by atoms with Crippen LogP contribution in [0.15, 0.2) is 42.5 Å². The third-order valence-corrected chi connectivity index (χ3v) is 6.97. The first-order valence-electron chi connectivity index (χ1n) is 11.8. The van der Waals surface area contributed by atoms with Crippen LogP contribution in [-0.4, -0.2) is 46.3 Å². The molecule has 3 aromatic rings. The van der Waals surface area contributed by atoms with Crippen LogP contribution in [0.25, 0.3) is 11.1 Å². The van der Waals surface area contributed by atoms with Gasteiger partial charge in [-0.25, -0.2) is 0 Å². The fourth-order valence-corrected chi connectivity index (χ4v) is 4.88. The van der Waals surface area contributed by atoms with Gasteiger partial charge in [0.1, 0.15) is 5.75 Å². The minimum atomic E-state index is -0.995. The van der Waals surface area contributed by atoms with Crippen LogP contribution in [0.2, 0.25) is 0 Å². The zero-order valence-electron chi connectivity index (χ0n) is 21.9. The van der Waals surface area contributed by atoms with E-state index in [1.807, 2.05) is 56.3 Å². The first-order chi connectivity index (χ1) is 17.3. The van der Waals surface area contributed by atoms with Gasteiger partial charge in [0, 0.05) is 17.5 Å². The van der Waals surface area contributed by atoms with Crippen molar-refractivity contribution < 1.29 is 33.5 Å². The number of aliphatic hydroxyl groups is 1. The Morgan fingerprint density at radius 1 is 0.722 bits per heavy atom. The molecule has 0 aromatic heterocycles. The summed E-state index contributed by atoms with van der Waals surface area (Å²) in [4.78, 5) is 0. The zero-order chi connectivity index (χ0) is 26.0. The molecule has 0 amide bonds. The zero-order valence-corrected chi connectivity index (χ0v) is 21.9. The van der Waals surface area contributed by atoms with Gasteiger partial charge in [-0.3, -0.25) is 0 Å². The van der Waals surface area contributed by atoms with Gasteiger partial charge in [-0.1, -0.05) is 25.1 Å². The molecule has 3 aromatic carbocycles. The normalized spacial score (nSPS) is 18.7. The predicted molar refractivity (Wildman–Crippen MR) is 138 cm³/mol. The number of hydrogen-bond acceptors (Lipinski definition) is 7. The summed E-state index contributed by atoms with van der Waals surface area (Å²) in [5.41, 5.74) is 2.33. The van der Waals surface area contributed by atoms with Crippen LogP contribution in [0.5, 0.6) is 40.2 Å². The smallest absolute Gasteiger partial charge is 0.204 e. The van der Waals surface area contributed by atoms with Crippen LogP contribution in [0.3, 0.4) is 0 Å². The molecule has 7 nitrogen and oxygen atoms in total. The molecule has 192 valence electrons. The summed E-state index contributed by atoms with van der Waals surface area (Å²) in [6, 6.07) is 13.4. The number of methoxy groups -OCH3 is 5. The number of benzene rings is 3. The number of ether oxygens (including phenoxy) is 6. The largest absolute Gasteiger partial charge is 0.493 e. The van der Waals surface area contributed by atoms with E-state index in [2.05, 4.69) is 0 Å². The lowest BCUT2D eigenvalue weighted by Gasteiger charge is -2.36. The summed E-state index contributed by atoms with van der Waals surface area (Å²) < 4.78 is 35.4. The molecule has 0 unspecified atom stereocenters. The van der Waals surface area contributed by atoms with Crippen molar-refractivity contribution in [2.75, 3.05) is 35.5 Å². The van der Waals surface area contributed by atoms with Gasteiger partial charge in [-0.15, -0.1) is 0 Å². The first-order valence-corrected chi connectivity index (χ1v) is 11.8. The van der Waals surface area contributed by atoms with Crippen molar-refractivity contribution in [2.24, 2.45) is 5.92 Å². The Bertz CT molecular complexity index is 1230. The molecule has 0 fully saturated rings. The number of fused-ring (bicyclic) bond motifs is 3. The summed E-state index contributed by atoms with van der Waals surface area (Å²) in [6.45, 7) is 3.90. The van der Waals surface area contributed by atoms with E-state index in [0.717, 1.165) is 22.3 Å². The molecule has 0 saturated heterocycles. The van der Waals surface area contributed by atoms with Crippen molar-refractivity contribution in [3.63, 3.8) is 0 Å². The topological polar surface area (TPSA) is 75.6 Å². The summed E-state index contributed by atoms with van der Waals surface area (Å²) in [6.07, 6.45) is 0.948. The Labute approximate surface area is 212 Å². The minimum absolute atomic E-state index is 0.0776. The number of rotatable bonds is 7. The van der Waals surface area contributed by atoms with Crippen molar-refractivity contribution in [1.82, 2.24) is 0 Å². The second-order valence-corrected chi connectivity index (χ2v) is 9.21. The number of para-hydroxylation sites is 1. The molecule has 0 aliphatic heterocycles. The van der Waals surface area contributed by atoms with Crippen molar-refractivity contribution in [1.29, 1.82) is 0 Å². The molecule has 7 heteroatoms. The molecule has 0 saturated carbocycles. The predicted octanol–water partition coefficient (Wildman–Crippen LogP) is 5.67. The molecule has 1 aliphatic carbocycles. The van der Waals surface area contributed by atoms with Gasteiger partial charge in [-0.2, -0.15) is 0 Å². The molecule has 0 bridgehead atoms. The summed E-state index contributed by atoms with van der Waals surface area (Å²) >= 11 is 0. The maximum atomic E-state index is 11.5. The van der Waals surface area contributed by atoms with E-state index < -0.39 is 5.60 Å². The lowest BCUT2D eigenvalue weighted by atomic mass is 9.75. The standard InChI is InChI=1S/C29H34O7/c1-17-13-18-14-21(31-3)26(34-6)28(36-20-11-9-8-10-12-20)23(18)24-19(16-29(17,2)30)15-22(32-4)25(33-5)27(24)35-7/h8-12,14-15,17,30H,13,16H2,1-7H3/t17-,29-/m0/s1. The highest BCUT2D eigenvalue weighted by molar-refractivity contribution is 5.88. The van der Waals surface area contributed by atoms with Gasteiger partial charge in [0.05, 0.1) is 41.2 Å². The Morgan fingerprint density at radius 2 is 1.25 bits per heavy atom. The monoisotopic (exact) mass is 494 g/mol. The van der Waals surface area contributed by atoms with Crippen molar-refractivity contribution in [3.8, 4) is 51.4 Å². The van der Waals surface area contributed by atoms with Crippen molar-refractivity contribution in [2.45, 2.75) is 32.3 Å². The summed E-state index contributed by atoms with van der Waals surface area (Å²) in [5, 5.41) is 11.5. The van der Waals surface area contributed by atoms with Crippen LogP contribution < -0.4 is 28.4 Å². The first kappa shape index (κ1) is 25.5. The maximum Gasteiger partial charge on any atom is 0.204 e. The van der Waals surface area contributed by atoms with Gasteiger partial charge in [0.25, 0.3) is 0 Å². The highest BCUT2D eigenvalue weighted by Gasteiger charge is 2.38. The second kappa shape index (κ2) is 10.2. The van der Waals surface area contributed by atoms with E-state index in [4.69, 9.17) is 28.4 Å². The van der Waals surface area contributed by atoms with Gasteiger partial charge in [0.15, 0.2) is 23.0 Å². The average Bonchev–Trinajstić information content (AvgIpc) is 2.87. The Balaban J connectivity index is 2.17. The highest BCUT2D eigenvalue weighted by atomic mass is 16.5. The van der Waals surface area contributed by atoms with Gasteiger partial charge >= 0.3 is 0 Å². The molecule has 0 spiro atoms. The second-order valence-electron chi connectivity index (χ2n) is 9.21. The Morgan fingerprint density at radius 3 is 1.81 bits per heavy atom. The van der Waals surface area contributed by atoms with Gasteiger partial charge in [-0.05, 0) is 54.7 Å². The SMILES string of the molecule is COc1cc2c(c(OC)c1OC)-c1c(cc(OC)c(OC)c1Oc1ccccc1)C[C@H](C)[C@@](C)(O)C2. The quantitative estimate of drug-likeness (QED) is 0.453. The van der Waals surface area contributed by atoms with E-state index >= 15 is 0 Å². The van der Waals surface area contributed by atoms with Crippen molar-refractivity contribution >= 4 is 0 Å². The molecular weight excluding hydrogens is 460 g/mol. The van der Waals surface area contributed by atoms with Gasteiger partial charge in [0.2, 0.25) is 11.5 Å². The van der Waals surface area contributed by atoms with E-state index in [0.29, 0.717) is 53.1 Å². The molecule has 4 rings (SSSR count). The van der Waals surface area contributed by atoms with Gasteiger partial charge < -0.3 is 33.5 Å². The minimum Gasteiger partial charge on any atom is -0.493 e. The van der Waals surface area contributed by atoms with Crippen LogP contribution in [-0.2, 0) is 12.8 Å². The average molecular weight is 495 g/mol. The van der Waals surface area contributed by atoms with E-state index in [1.54, 1.807) is 35.5 Å². The van der Waals surface area contributed by atoms with Crippen LogP contribution in [0, 0.1) is 5.92 Å². The van der Waals surface area contributed by atoms with E-state index in [9.17, 15) is 5.11 Å². The van der Waals surface area contributed by atoms with Crippen LogP contribution in [0.1, 0.15) is 25.0 Å². The lowest BCUT2D eigenvalue weighted by Crippen LogP contribution is -2.37. The molecule has 2 atom stereocenters. The maximum absolute atomic E-state index is 11.5. The van der Waals surface area contributed by atoms with E-state index in [1.165, 1.54) is 0 Å². The summed E-state index contributed by atoms with van der Waals surface area (Å²) in [5.74, 6) is 3.53. The molecular formula is C29H34O7. The molecule has 0 radical (unpaired) electrons. The van der Waals surface area contributed by atoms with Crippen LogP contribution in [0.4, 0.5) is 0 Å². The third kappa shape index (κ3) is 4.39. The fraction of sp³-hybridized carbons (Fsp3) is 0.379. The van der Waals surface area contributed by atoms with Crippen LogP contribution >= 0.6 is 0 Å². The lowest BCUT2D eigenvalue weighted by molar-refractivity contribution is 0.00628. The Hall–Kier alpha value is -3.58. The molecule has 1 N–H and O–H groups in total.